The summed E-state index contributed by atoms with van der Waals surface area (Å²) in [5, 5.41) is 1.95. The first kappa shape index (κ1) is 18.1. The number of halogens is 1. The molecule has 2 aromatic carbocycles. The second-order valence-electron chi connectivity index (χ2n) is 6.55. The normalized spacial score (nSPS) is 17.1. The largest absolute Gasteiger partial charge is 0.388 e. The molecule has 2 N–H and O–H groups in total. The van der Waals surface area contributed by atoms with E-state index in [0.717, 1.165) is 22.2 Å². The third-order valence-corrected chi connectivity index (χ3v) is 6.08. The third kappa shape index (κ3) is 4.19. The lowest BCUT2D eigenvalue weighted by Crippen LogP contribution is -2.25. The molecule has 1 aliphatic heterocycles. The zero-order valence-corrected chi connectivity index (χ0v) is 16.4. The highest BCUT2D eigenvalue weighted by atomic mass is 35.5. The molecule has 1 aliphatic rings. The van der Waals surface area contributed by atoms with E-state index in [2.05, 4.69) is 60.7 Å². The smallest absolute Gasteiger partial charge is 0.207 e. The summed E-state index contributed by atoms with van der Waals surface area (Å²) in [6.07, 6.45) is 2.87. The molecule has 5 heteroatoms. The molecular weight excluding hydrogens is 376 g/mol. The van der Waals surface area contributed by atoms with Crippen molar-refractivity contribution in [2.24, 2.45) is 5.73 Å². The fourth-order valence-electron chi connectivity index (χ4n) is 3.51. The van der Waals surface area contributed by atoms with Crippen LogP contribution in [0.15, 0.2) is 84.8 Å². The van der Waals surface area contributed by atoms with E-state index in [-0.39, 0.29) is 6.04 Å². The fraction of sp³-hybridized carbons (Fsp3) is 0.182. The molecule has 3 aromatic rings. The Morgan fingerprint density at radius 1 is 0.963 bits per heavy atom. The van der Waals surface area contributed by atoms with E-state index in [1.165, 1.54) is 11.1 Å². The van der Waals surface area contributed by atoms with Gasteiger partial charge in [-0.05, 0) is 29.7 Å². The van der Waals surface area contributed by atoms with Crippen molar-refractivity contribution >= 4 is 22.9 Å². The van der Waals surface area contributed by atoms with Crippen molar-refractivity contribution in [2.75, 3.05) is 6.54 Å². The Kier molecular flexibility index (Phi) is 5.48. The van der Waals surface area contributed by atoms with Gasteiger partial charge < -0.3 is 10.6 Å². The van der Waals surface area contributed by atoms with Crippen molar-refractivity contribution in [3.05, 3.63) is 105 Å². The number of nitrogens with zero attached hydrogens (tertiary/aromatic N) is 1. The Balaban J connectivity index is 1.54. The molecule has 2 heterocycles. The van der Waals surface area contributed by atoms with E-state index < -0.39 is 0 Å². The molecule has 0 saturated heterocycles. The highest BCUT2D eigenvalue weighted by Crippen LogP contribution is 2.37. The number of thiophene rings is 1. The van der Waals surface area contributed by atoms with Crippen LogP contribution in [0.2, 0.25) is 4.34 Å². The molecule has 138 valence electrons. The molecule has 0 amide bonds. The first-order valence-corrected chi connectivity index (χ1v) is 10.2. The van der Waals surface area contributed by atoms with Crippen molar-refractivity contribution in [1.29, 1.82) is 0 Å². The minimum atomic E-state index is 0.00898. The second-order valence-corrected chi connectivity index (χ2v) is 8.30. The fourth-order valence-corrected chi connectivity index (χ4v) is 4.64. The van der Waals surface area contributed by atoms with Gasteiger partial charge in [0, 0.05) is 23.4 Å². The van der Waals surface area contributed by atoms with E-state index in [1.807, 2.05) is 23.3 Å². The summed E-state index contributed by atoms with van der Waals surface area (Å²) in [6, 6.07) is 25.2. The molecule has 0 fully saturated rings. The highest BCUT2D eigenvalue weighted by Gasteiger charge is 2.29. The van der Waals surface area contributed by atoms with Crippen LogP contribution < -0.4 is 5.73 Å². The van der Waals surface area contributed by atoms with E-state index in [9.17, 15) is 0 Å². The van der Waals surface area contributed by atoms with Gasteiger partial charge in [-0.1, -0.05) is 72.3 Å². The van der Waals surface area contributed by atoms with Gasteiger partial charge >= 0.3 is 0 Å². The molecular formula is C22H21ClN2OS. The predicted octanol–water partition coefficient (Wildman–Crippen LogP) is 5.71. The van der Waals surface area contributed by atoms with E-state index in [0.29, 0.717) is 11.8 Å². The summed E-state index contributed by atoms with van der Waals surface area (Å²) in [4.78, 5) is 6.93. The van der Waals surface area contributed by atoms with Crippen molar-refractivity contribution in [2.45, 2.75) is 18.4 Å². The lowest BCUT2D eigenvalue weighted by Gasteiger charge is -2.25. The van der Waals surface area contributed by atoms with Crippen molar-refractivity contribution in [3.8, 4) is 0 Å². The van der Waals surface area contributed by atoms with Crippen LogP contribution >= 0.6 is 22.9 Å². The first-order chi connectivity index (χ1) is 13.2. The molecule has 0 radical (unpaired) electrons. The Morgan fingerprint density at radius 2 is 1.59 bits per heavy atom. The maximum atomic E-state index is 6.12. The van der Waals surface area contributed by atoms with Crippen molar-refractivity contribution in [1.82, 2.24) is 5.06 Å². The molecule has 1 aromatic heterocycles. The number of rotatable bonds is 6. The van der Waals surface area contributed by atoms with Crippen LogP contribution in [0.5, 0.6) is 0 Å². The molecule has 3 nitrogen and oxygen atoms in total. The summed E-state index contributed by atoms with van der Waals surface area (Å²) in [6.45, 7) is 0.756. The van der Waals surface area contributed by atoms with Crippen LogP contribution in [0.4, 0.5) is 0 Å². The van der Waals surface area contributed by atoms with Gasteiger partial charge in [-0.25, -0.2) is 0 Å². The Labute approximate surface area is 168 Å². The summed E-state index contributed by atoms with van der Waals surface area (Å²) in [5.41, 5.74) is 8.57. The van der Waals surface area contributed by atoms with Gasteiger partial charge in [0.05, 0.1) is 4.34 Å². The van der Waals surface area contributed by atoms with Gasteiger partial charge in [-0.2, -0.15) is 0 Å². The monoisotopic (exact) mass is 396 g/mol. The highest BCUT2D eigenvalue weighted by molar-refractivity contribution is 7.16. The Bertz CT molecular complexity index is 871. The van der Waals surface area contributed by atoms with Crippen LogP contribution in [0.3, 0.4) is 0 Å². The summed E-state index contributed by atoms with van der Waals surface area (Å²) in [5.74, 6) is 0.742. The topological polar surface area (TPSA) is 38.5 Å². The predicted molar refractivity (Wildman–Crippen MR) is 111 cm³/mol. The van der Waals surface area contributed by atoms with E-state index in [4.69, 9.17) is 22.2 Å². The molecule has 0 bridgehead atoms. The zero-order chi connectivity index (χ0) is 18.6. The quantitative estimate of drug-likeness (QED) is 0.579. The number of benzene rings is 2. The lowest BCUT2D eigenvalue weighted by atomic mass is 9.88. The molecule has 27 heavy (non-hydrogen) atoms. The lowest BCUT2D eigenvalue weighted by molar-refractivity contribution is -0.120. The van der Waals surface area contributed by atoms with Crippen LogP contribution in [0, 0.1) is 0 Å². The SMILES string of the molecule is NC1=CC(c2ccc(Cl)s2)N(CCC(c2ccccc2)c2ccccc2)O1. The van der Waals surface area contributed by atoms with Crippen LogP contribution in [0.1, 0.15) is 34.4 Å². The maximum absolute atomic E-state index is 6.12. The maximum Gasteiger partial charge on any atom is 0.207 e. The number of nitrogens with two attached hydrogens (primary N) is 1. The van der Waals surface area contributed by atoms with Crippen molar-refractivity contribution in [3.63, 3.8) is 0 Å². The van der Waals surface area contributed by atoms with Crippen LogP contribution in [-0.4, -0.2) is 11.6 Å². The average Bonchev–Trinajstić information content (AvgIpc) is 3.29. The minimum Gasteiger partial charge on any atom is -0.388 e. The number of hydroxylamine groups is 2. The van der Waals surface area contributed by atoms with Gasteiger partial charge in [0.1, 0.15) is 6.04 Å². The Hall–Kier alpha value is -2.27. The molecule has 1 atom stereocenters. The first-order valence-electron chi connectivity index (χ1n) is 8.98. The number of hydrogen-bond acceptors (Lipinski definition) is 4. The molecule has 0 saturated carbocycles. The van der Waals surface area contributed by atoms with Gasteiger partial charge in [0.2, 0.25) is 5.88 Å². The van der Waals surface area contributed by atoms with Crippen LogP contribution in [-0.2, 0) is 4.84 Å². The average molecular weight is 397 g/mol. The molecule has 0 spiro atoms. The third-order valence-electron chi connectivity index (χ3n) is 4.78. The summed E-state index contributed by atoms with van der Waals surface area (Å²) in [7, 11) is 0. The summed E-state index contributed by atoms with van der Waals surface area (Å²) < 4.78 is 0.773. The second kappa shape index (κ2) is 8.17. The van der Waals surface area contributed by atoms with Crippen LogP contribution in [0.25, 0.3) is 0 Å². The molecule has 1 unspecified atom stereocenters. The standard InChI is InChI=1S/C22H21ClN2OS/c23-21-12-11-20(27-21)19-15-22(24)26-25(19)14-13-18(16-7-3-1-4-8-16)17-9-5-2-6-10-17/h1-12,15,18-19H,13-14,24H2. The minimum absolute atomic E-state index is 0.00898. The molecule has 0 aliphatic carbocycles. The molecule has 4 rings (SSSR count). The van der Waals surface area contributed by atoms with E-state index >= 15 is 0 Å². The van der Waals surface area contributed by atoms with E-state index in [1.54, 1.807) is 11.3 Å². The number of hydrogen-bond donors (Lipinski definition) is 1. The van der Waals surface area contributed by atoms with Gasteiger partial charge in [-0.3, -0.25) is 0 Å². The van der Waals surface area contributed by atoms with Gasteiger partial charge in [-0.15, -0.1) is 16.4 Å². The van der Waals surface area contributed by atoms with Crippen molar-refractivity contribution < 1.29 is 4.84 Å². The van der Waals surface area contributed by atoms with Gasteiger partial charge in [0.25, 0.3) is 0 Å². The summed E-state index contributed by atoms with van der Waals surface area (Å²) >= 11 is 7.68. The van der Waals surface area contributed by atoms with Gasteiger partial charge in [0.15, 0.2) is 0 Å². The Morgan fingerprint density at radius 3 is 2.15 bits per heavy atom. The zero-order valence-electron chi connectivity index (χ0n) is 14.8.